The molecule has 68 heavy (non-hydrogen) atoms. The molecule has 5 aromatic carbocycles. The Hall–Kier alpha value is -8.30. The van der Waals surface area contributed by atoms with Gasteiger partial charge in [-0.15, -0.1) is 4.33 Å². The molecule has 0 fully saturated rings. The van der Waals surface area contributed by atoms with E-state index in [1.807, 2.05) is 30.3 Å². The van der Waals surface area contributed by atoms with E-state index in [-0.39, 0.29) is 34.8 Å². The van der Waals surface area contributed by atoms with Crippen molar-refractivity contribution in [2.24, 2.45) is 0 Å². The Balaban J connectivity index is 1.29. The second-order valence-electron chi connectivity index (χ2n) is 14.0. The topological polar surface area (TPSA) is 345 Å². The van der Waals surface area contributed by atoms with E-state index in [1.54, 1.807) is 66.7 Å². The van der Waals surface area contributed by atoms with Gasteiger partial charge in [-0.3, -0.25) is 9.35 Å². The fourth-order valence-corrected chi connectivity index (χ4v) is 7.33. The number of aromatic nitrogens is 3. The van der Waals surface area contributed by atoms with Crippen LogP contribution in [0.5, 0.6) is 0 Å². The van der Waals surface area contributed by atoms with Crippen molar-refractivity contribution < 1.29 is 67.4 Å². The molecule has 23 nitrogen and oxygen atoms in total. The van der Waals surface area contributed by atoms with E-state index in [0.29, 0.717) is 50.9 Å². The number of nitrogens with zero attached hydrogens (tertiary/aromatic N) is 3. The monoisotopic (exact) mass is 969 g/mol. The number of nitrogens with one attached hydrogen (secondary N) is 6. The number of carboxylic acids is 3. The average Bonchev–Trinajstić information content (AvgIpc) is 3.29. The molecule has 2 unspecified atom stereocenters. The van der Waals surface area contributed by atoms with E-state index >= 15 is 0 Å². The van der Waals surface area contributed by atoms with E-state index in [4.69, 9.17) is 14.8 Å². The van der Waals surface area contributed by atoms with Crippen LogP contribution in [0.15, 0.2) is 137 Å². The Bertz CT molecular complexity index is 2930. The molecular formula is C43H39N9O14S2. The van der Waals surface area contributed by atoms with Gasteiger partial charge in [-0.05, 0) is 77.9 Å². The molecular weight excluding hydrogens is 931 g/mol. The maximum absolute atomic E-state index is 12.8. The number of hydrogen-bond acceptors (Lipinski definition) is 20. The summed E-state index contributed by atoms with van der Waals surface area (Å²) in [5, 5.41) is 67.9. The Labute approximate surface area is 389 Å². The van der Waals surface area contributed by atoms with Crippen LogP contribution in [-0.2, 0) is 38.8 Å². The first-order chi connectivity index (χ1) is 32.6. The first kappa shape index (κ1) is 49.1. The SMILES string of the molecule is C=C(OO)C(Nc1nc(Nc2ccccc2)nc(Nc2ccc(C=Cc3ccc(Nc4cc(Nc5ccccc5)cc(NC(CC(=O)O)C(=O)O)c4)cc3SOOO)c(S(=O)(=O)O)c2)n1)C(=O)O. The molecule has 1 heterocycles. The number of para-hydroxylation sites is 2. The Kier molecular flexibility index (Phi) is 16.4. The highest BCUT2D eigenvalue weighted by Gasteiger charge is 2.26. The second-order valence-corrected chi connectivity index (χ2v) is 16.1. The lowest BCUT2D eigenvalue weighted by Gasteiger charge is -2.18. The van der Waals surface area contributed by atoms with Crippen molar-refractivity contribution in [1.82, 2.24) is 15.0 Å². The third-order valence-electron chi connectivity index (χ3n) is 9.08. The van der Waals surface area contributed by atoms with E-state index < -0.39 is 57.2 Å². The molecule has 0 radical (unpaired) electrons. The predicted molar refractivity (Wildman–Crippen MR) is 250 cm³/mol. The van der Waals surface area contributed by atoms with Gasteiger partial charge in [-0.2, -0.15) is 23.4 Å². The van der Waals surface area contributed by atoms with Gasteiger partial charge in [-0.1, -0.05) is 72.3 Å². The van der Waals surface area contributed by atoms with Crippen molar-refractivity contribution in [1.29, 1.82) is 0 Å². The number of rotatable bonds is 24. The Morgan fingerprint density at radius 1 is 0.632 bits per heavy atom. The number of carboxylic acid groups (broad SMARTS) is 3. The van der Waals surface area contributed by atoms with E-state index in [2.05, 4.69) is 63.4 Å². The molecule has 0 saturated carbocycles. The van der Waals surface area contributed by atoms with Gasteiger partial charge in [-0.25, -0.2) is 20.1 Å². The van der Waals surface area contributed by atoms with Crippen LogP contribution in [0.1, 0.15) is 17.5 Å². The summed E-state index contributed by atoms with van der Waals surface area (Å²) in [5.74, 6) is -5.42. The van der Waals surface area contributed by atoms with Gasteiger partial charge in [0.05, 0.1) is 18.5 Å². The third-order valence-corrected chi connectivity index (χ3v) is 10.7. The van der Waals surface area contributed by atoms with E-state index in [1.165, 1.54) is 24.3 Å². The van der Waals surface area contributed by atoms with Crippen molar-refractivity contribution in [3.63, 3.8) is 0 Å². The maximum atomic E-state index is 12.8. The molecule has 0 aliphatic rings. The zero-order chi connectivity index (χ0) is 48.8. The predicted octanol–water partition coefficient (Wildman–Crippen LogP) is 7.90. The van der Waals surface area contributed by atoms with Crippen LogP contribution in [0.25, 0.3) is 12.2 Å². The highest BCUT2D eigenvalue weighted by molar-refractivity contribution is 7.94. The number of benzene rings is 5. The highest BCUT2D eigenvalue weighted by atomic mass is 32.2. The molecule has 12 N–H and O–H groups in total. The van der Waals surface area contributed by atoms with Crippen molar-refractivity contribution in [3.8, 4) is 0 Å². The van der Waals surface area contributed by atoms with Crippen molar-refractivity contribution in [3.05, 3.63) is 139 Å². The number of hydrogen-bond donors (Lipinski definition) is 12. The van der Waals surface area contributed by atoms with Crippen LogP contribution in [0, 0.1) is 0 Å². The molecule has 352 valence electrons. The lowest BCUT2D eigenvalue weighted by molar-refractivity contribution is -0.432. The van der Waals surface area contributed by atoms with Gasteiger partial charge < -0.3 is 52.1 Å². The minimum Gasteiger partial charge on any atom is -0.481 e. The lowest BCUT2D eigenvalue weighted by Crippen LogP contribution is -2.32. The summed E-state index contributed by atoms with van der Waals surface area (Å²) < 4.78 is 40.6. The van der Waals surface area contributed by atoms with Crippen molar-refractivity contribution >= 4 is 110 Å². The smallest absolute Gasteiger partial charge is 0.334 e. The Morgan fingerprint density at radius 2 is 1.16 bits per heavy atom. The first-order valence-electron chi connectivity index (χ1n) is 19.5. The zero-order valence-electron chi connectivity index (χ0n) is 34.8. The fraction of sp³-hybridized carbons (Fsp3) is 0.0698. The minimum absolute atomic E-state index is 0.0112. The number of aliphatic carboxylic acids is 3. The van der Waals surface area contributed by atoms with Gasteiger partial charge >= 0.3 is 17.9 Å². The molecule has 0 spiro atoms. The molecule has 6 rings (SSSR count). The summed E-state index contributed by atoms with van der Waals surface area (Å²) in [4.78, 5) is 51.6. The molecule has 6 aromatic rings. The molecule has 0 aliphatic heterocycles. The van der Waals surface area contributed by atoms with Crippen LogP contribution in [0.3, 0.4) is 0 Å². The summed E-state index contributed by atoms with van der Waals surface area (Å²) >= 11 is 0.584. The van der Waals surface area contributed by atoms with Gasteiger partial charge in [0.1, 0.15) is 10.9 Å². The number of anilines is 10. The maximum Gasteiger partial charge on any atom is 0.334 e. The van der Waals surface area contributed by atoms with Crippen LogP contribution in [0.4, 0.5) is 57.7 Å². The quantitative estimate of drug-likeness (QED) is 0.00684. The molecule has 25 heteroatoms. The van der Waals surface area contributed by atoms with E-state index in [9.17, 15) is 42.7 Å². The van der Waals surface area contributed by atoms with Crippen LogP contribution >= 0.6 is 12.0 Å². The summed E-state index contributed by atoms with van der Waals surface area (Å²) in [7, 11) is -4.91. The minimum atomic E-state index is -4.91. The molecule has 0 saturated heterocycles. The first-order valence-corrected chi connectivity index (χ1v) is 21.6. The third kappa shape index (κ3) is 14.1. The largest absolute Gasteiger partial charge is 0.481 e. The molecule has 0 amide bonds. The summed E-state index contributed by atoms with van der Waals surface area (Å²) in [6, 6.07) is 28.1. The summed E-state index contributed by atoms with van der Waals surface area (Å²) in [6.45, 7) is 3.36. The molecule has 0 bridgehead atoms. The van der Waals surface area contributed by atoms with Crippen molar-refractivity contribution in [2.45, 2.75) is 28.3 Å². The lowest BCUT2D eigenvalue weighted by atomic mass is 10.1. The normalized spacial score (nSPS) is 12.0. The molecule has 1 aromatic heterocycles. The van der Waals surface area contributed by atoms with Crippen LogP contribution in [0.2, 0.25) is 0 Å². The highest BCUT2D eigenvalue weighted by Crippen LogP contribution is 2.34. The summed E-state index contributed by atoms with van der Waals surface area (Å²) in [6.07, 6.45) is 2.16. The van der Waals surface area contributed by atoms with Crippen molar-refractivity contribution in [2.75, 3.05) is 31.9 Å². The van der Waals surface area contributed by atoms with Gasteiger partial charge in [0, 0.05) is 44.7 Å². The average molecular weight is 970 g/mol. The zero-order valence-corrected chi connectivity index (χ0v) is 36.4. The van der Waals surface area contributed by atoms with Crippen LogP contribution < -0.4 is 31.9 Å². The molecule has 0 aliphatic carbocycles. The van der Waals surface area contributed by atoms with Crippen LogP contribution in [-0.4, -0.2) is 83.7 Å². The summed E-state index contributed by atoms with van der Waals surface area (Å²) in [5.41, 5.74) is 3.36. The van der Waals surface area contributed by atoms with Gasteiger partial charge in [0.2, 0.25) is 17.8 Å². The number of carbonyl (C=O) groups is 3. The standard InChI is InChI=1S/C43H39N9O14S2/c1-24(64-59)38(40(57)58)49-43-51-41(47-28-10-6-3-7-11-28)50-42(52-43)48-30-17-15-26(36(22-30)68(61,62)63)13-12-25-14-16-29(21-35(25)67-66-65-60)45-32-18-31(44-27-8-4-2-5-9-27)19-33(20-32)46-34(39(55)56)23-37(53)54/h2-22,34,38,44-46,59-60H,1,23H2,(H,53,54)(H,55,56)(H,57,58)(H,61,62,63)(H3,47,48,49,50,51,52). The Morgan fingerprint density at radius 3 is 1.72 bits per heavy atom. The fourth-order valence-electron chi connectivity index (χ4n) is 6.11. The van der Waals surface area contributed by atoms with Gasteiger partial charge in [0.15, 0.2) is 11.8 Å². The van der Waals surface area contributed by atoms with Gasteiger partial charge in [0.25, 0.3) is 10.1 Å². The van der Waals surface area contributed by atoms with E-state index in [0.717, 1.165) is 6.07 Å². The second kappa shape index (κ2) is 22.7. The molecule has 2 atom stereocenters.